The lowest BCUT2D eigenvalue weighted by Gasteiger charge is -2.12. The minimum Gasteiger partial charge on any atom is -0.368 e. The number of primary amides is 1. The number of carbonyl (C=O) groups is 1. The van der Waals surface area contributed by atoms with Crippen molar-refractivity contribution in [3.8, 4) is 0 Å². The molecule has 0 aliphatic rings. The van der Waals surface area contributed by atoms with Crippen LogP contribution in [0.5, 0.6) is 0 Å². The monoisotopic (exact) mass is 291 g/mol. The number of aromatic nitrogens is 1. The SMILES string of the molecule is CC.CC(C(N)=O)n1ccc2c([N+](=O)[O-])cccc2c1=O. The standard InChI is InChI=1S/C12H11N3O4.C2H6/c1-7(11(13)16)14-6-5-8-9(12(14)17)3-2-4-10(8)15(18)19;1-2/h2-7H,1H3,(H2,13,16);1-2H3. The number of hydrogen-bond donors (Lipinski definition) is 1. The zero-order valence-corrected chi connectivity index (χ0v) is 12.1. The topological polar surface area (TPSA) is 108 Å². The van der Waals surface area contributed by atoms with Gasteiger partial charge in [-0.3, -0.25) is 19.7 Å². The largest absolute Gasteiger partial charge is 0.368 e. The Bertz CT molecular complexity index is 737. The Balaban J connectivity index is 0.00000106. The highest BCUT2D eigenvalue weighted by molar-refractivity contribution is 5.90. The van der Waals surface area contributed by atoms with Crippen molar-refractivity contribution in [2.75, 3.05) is 0 Å². The molecule has 7 nitrogen and oxygen atoms in total. The van der Waals surface area contributed by atoms with Gasteiger partial charge >= 0.3 is 0 Å². The lowest BCUT2D eigenvalue weighted by Crippen LogP contribution is -2.31. The van der Waals surface area contributed by atoms with Crippen molar-refractivity contribution in [1.29, 1.82) is 0 Å². The summed E-state index contributed by atoms with van der Waals surface area (Å²) in [6.07, 6.45) is 1.34. The first kappa shape index (κ1) is 16.4. The van der Waals surface area contributed by atoms with E-state index in [2.05, 4.69) is 0 Å². The van der Waals surface area contributed by atoms with Crippen LogP contribution >= 0.6 is 0 Å². The molecule has 21 heavy (non-hydrogen) atoms. The molecular formula is C14H17N3O4. The third kappa shape index (κ3) is 3.07. The maximum absolute atomic E-state index is 12.2. The predicted molar refractivity (Wildman–Crippen MR) is 80.1 cm³/mol. The van der Waals surface area contributed by atoms with Gasteiger partial charge in [0.25, 0.3) is 11.2 Å². The second kappa shape index (κ2) is 6.65. The van der Waals surface area contributed by atoms with E-state index in [0.29, 0.717) is 0 Å². The highest BCUT2D eigenvalue weighted by Gasteiger charge is 2.17. The van der Waals surface area contributed by atoms with Crippen molar-refractivity contribution in [2.24, 2.45) is 5.73 Å². The molecule has 2 N–H and O–H groups in total. The van der Waals surface area contributed by atoms with E-state index in [1.54, 1.807) is 0 Å². The van der Waals surface area contributed by atoms with E-state index < -0.39 is 22.4 Å². The molecule has 0 aliphatic carbocycles. The second-order valence-corrected chi connectivity index (χ2v) is 4.10. The summed E-state index contributed by atoms with van der Waals surface area (Å²) >= 11 is 0. The fraction of sp³-hybridized carbons (Fsp3) is 0.286. The number of nitro groups is 1. The first-order valence-electron chi connectivity index (χ1n) is 6.51. The number of rotatable bonds is 3. The van der Waals surface area contributed by atoms with Crippen LogP contribution in [-0.4, -0.2) is 15.4 Å². The number of fused-ring (bicyclic) bond motifs is 1. The minimum atomic E-state index is -0.809. The van der Waals surface area contributed by atoms with Gasteiger partial charge in [-0.2, -0.15) is 0 Å². The van der Waals surface area contributed by atoms with Gasteiger partial charge in [-0.05, 0) is 19.1 Å². The first-order valence-corrected chi connectivity index (χ1v) is 6.51. The maximum atomic E-state index is 12.2. The second-order valence-electron chi connectivity index (χ2n) is 4.10. The smallest absolute Gasteiger partial charge is 0.277 e. The van der Waals surface area contributed by atoms with Crippen molar-refractivity contribution in [3.63, 3.8) is 0 Å². The average Bonchev–Trinajstić information content (AvgIpc) is 2.48. The average molecular weight is 291 g/mol. The van der Waals surface area contributed by atoms with E-state index in [1.165, 1.54) is 37.4 Å². The number of nitro benzene ring substituents is 1. The van der Waals surface area contributed by atoms with Crippen LogP contribution in [0, 0.1) is 10.1 Å². The van der Waals surface area contributed by atoms with E-state index in [1.807, 2.05) is 13.8 Å². The molecule has 1 amide bonds. The van der Waals surface area contributed by atoms with E-state index >= 15 is 0 Å². The van der Waals surface area contributed by atoms with Crippen LogP contribution in [0.1, 0.15) is 26.8 Å². The number of pyridine rings is 1. The number of nitrogens with two attached hydrogens (primary N) is 1. The molecule has 112 valence electrons. The van der Waals surface area contributed by atoms with Gasteiger partial charge in [0.15, 0.2) is 0 Å². The van der Waals surface area contributed by atoms with Gasteiger partial charge in [0.1, 0.15) is 6.04 Å². The van der Waals surface area contributed by atoms with Crippen LogP contribution < -0.4 is 11.3 Å². The van der Waals surface area contributed by atoms with Gasteiger partial charge < -0.3 is 10.3 Å². The summed E-state index contributed by atoms with van der Waals surface area (Å²) < 4.78 is 1.16. The van der Waals surface area contributed by atoms with Gasteiger partial charge in [-0.25, -0.2) is 0 Å². The molecule has 1 atom stereocenters. The molecule has 0 saturated heterocycles. The summed E-state index contributed by atoms with van der Waals surface area (Å²) in [5, 5.41) is 11.3. The minimum absolute atomic E-state index is 0.145. The van der Waals surface area contributed by atoms with E-state index in [0.717, 1.165) is 4.57 Å². The molecule has 0 aliphatic heterocycles. The summed E-state index contributed by atoms with van der Waals surface area (Å²) in [6, 6.07) is 4.87. The van der Waals surface area contributed by atoms with Crippen LogP contribution in [-0.2, 0) is 4.79 Å². The van der Waals surface area contributed by atoms with Crippen molar-refractivity contribution in [1.82, 2.24) is 4.57 Å². The molecule has 0 saturated carbocycles. The Labute approximate surface area is 121 Å². The summed E-state index contributed by atoms with van der Waals surface area (Å²) in [7, 11) is 0. The number of nitrogens with zero attached hydrogens (tertiary/aromatic N) is 2. The fourth-order valence-corrected chi connectivity index (χ4v) is 1.88. The lowest BCUT2D eigenvalue weighted by atomic mass is 10.1. The molecule has 0 fully saturated rings. The van der Waals surface area contributed by atoms with Gasteiger partial charge in [0.05, 0.1) is 15.7 Å². The fourth-order valence-electron chi connectivity index (χ4n) is 1.88. The quantitative estimate of drug-likeness (QED) is 0.688. The van der Waals surface area contributed by atoms with Crippen molar-refractivity contribution >= 4 is 22.4 Å². The lowest BCUT2D eigenvalue weighted by molar-refractivity contribution is -0.383. The first-order chi connectivity index (χ1) is 9.93. The zero-order valence-electron chi connectivity index (χ0n) is 12.1. The molecule has 2 aromatic rings. The van der Waals surface area contributed by atoms with Gasteiger partial charge in [0, 0.05) is 12.3 Å². The Morgan fingerprint density at radius 1 is 1.29 bits per heavy atom. The molecular weight excluding hydrogens is 274 g/mol. The molecule has 0 radical (unpaired) electrons. The highest BCUT2D eigenvalue weighted by Crippen LogP contribution is 2.23. The molecule has 0 spiro atoms. The Morgan fingerprint density at radius 3 is 2.43 bits per heavy atom. The van der Waals surface area contributed by atoms with Crippen LogP contribution in [0.15, 0.2) is 35.3 Å². The highest BCUT2D eigenvalue weighted by atomic mass is 16.6. The number of benzene rings is 1. The van der Waals surface area contributed by atoms with Gasteiger partial charge in [0.2, 0.25) is 5.91 Å². The number of hydrogen-bond acceptors (Lipinski definition) is 4. The molecule has 1 heterocycles. The Morgan fingerprint density at radius 2 is 1.90 bits per heavy atom. The number of non-ortho nitro benzene ring substituents is 1. The normalized spacial score (nSPS) is 11.4. The molecule has 7 heteroatoms. The van der Waals surface area contributed by atoms with Crippen molar-refractivity contribution in [3.05, 3.63) is 50.9 Å². The summed E-state index contributed by atoms with van der Waals surface area (Å²) in [4.78, 5) is 33.6. The van der Waals surface area contributed by atoms with Crippen molar-refractivity contribution < 1.29 is 9.72 Å². The molecule has 0 bridgehead atoms. The Hall–Kier alpha value is -2.70. The van der Waals surface area contributed by atoms with E-state index in [-0.39, 0.29) is 16.5 Å². The van der Waals surface area contributed by atoms with E-state index in [4.69, 9.17) is 5.73 Å². The van der Waals surface area contributed by atoms with Crippen molar-refractivity contribution in [2.45, 2.75) is 26.8 Å². The number of carbonyl (C=O) groups excluding carboxylic acids is 1. The molecule has 1 aromatic heterocycles. The maximum Gasteiger partial charge on any atom is 0.277 e. The van der Waals surface area contributed by atoms with Crippen LogP contribution in [0.25, 0.3) is 10.8 Å². The van der Waals surface area contributed by atoms with E-state index in [9.17, 15) is 19.7 Å². The van der Waals surface area contributed by atoms with Crippen LogP contribution in [0.4, 0.5) is 5.69 Å². The molecule has 2 rings (SSSR count). The van der Waals surface area contributed by atoms with Gasteiger partial charge in [-0.1, -0.05) is 19.9 Å². The van der Waals surface area contributed by atoms with Crippen LogP contribution in [0.3, 0.4) is 0 Å². The zero-order chi connectivity index (χ0) is 16.2. The summed E-state index contributed by atoms with van der Waals surface area (Å²) in [5.74, 6) is -0.646. The third-order valence-electron chi connectivity index (χ3n) is 2.98. The molecule has 1 aromatic carbocycles. The summed E-state index contributed by atoms with van der Waals surface area (Å²) in [6.45, 7) is 5.49. The van der Waals surface area contributed by atoms with Gasteiger partial charge in [-0.15, -0.1) is 0 Å². The summed E-state index contributed by atoms with van der Waals surface area (Å²) in [5.41, 5.74) is 4.53. The van der Waals surface area contributed by atoms with Crippen LogP contribution in [0.2, 0.25) is 0 Å². The molecule has 1 unspecified atom stereocenters. The third-order valence-corrected chi connectivity index (χ3v) is 2.98. The Kier molecular flexibility index (Phi) is 5.18. The number of amides is 1. The predicted octanol–water partition coefficient (Wildman–Crippen LogP) is 1.98.